The van der Waals surface area contributed by atoms with Gasteiger partial charge < -0.3 is 10.6 Å². The highest BCUT2D eigenvalue weighted by Crippen LogP contribution is 2.26. The van der Waals surface area contributed by atoms with E-state index in [1.165, 1.54) is 24.3 Å². The second-order valence-corrected chi connectivity index (χ2v) is 7.22. The van der Waals surface area contributed by atoms with Gasteiger partial charge in [0, 0.05) is 12.6 Å². The van der Waals surface area contributed by atoms with Gasteiger partial charge in [-0.1, -0.05) is 0 Å². The van der Waals surface area contributed by atoms with Crippen LogP contribution in [-0.2, 0) is 4.79 Å². The molecule has 2 aliphatic heterocycles. The number of amides is 1. The van der Waals surface area contributed by atoms with Crippen LogP contribution in [0.2, 0.25) is 0 Å². The van der Waals surface area contributed by atoms with Crippen LogP contribution in [0.5, 0.6) is 0 Å². The van der Waals surface area contributed by atoms with E-state index in [0.717, 1.165) is 31.6 Å². The van der Waals surface area contributed by atoms with E-state index in [0.29, 0.717) is 18.4 Å². The zero-order valence-corrected chi connectivity index (χ0v) is 13.2. The van der Waals surface area contributed by atoms with E-state index >= 15 is 0 Å². The van der Waals surface area contributed by atoms with Crippen LogP contribution < -0.4 is 10.6 Å². The van der Waals surface area contributed by atoms with Gasteiger partial charge >= 0.3 is 0 Å². The van der Waals surface area contributed by atoms with Crippen molar-refractivity contribution in [2.24, 2.45) is 5.92 Å². The molecule has 2 saturated heterocycles. The van der Waals surface area contributed by atoms with Crippen molar-refractivity contribution in [3.05, 3.63) is 12.4 Å². The summed E-state index contributed by atoms with van der Waals surface area (Å²) in [6, 6.07) is 0.465. The van der Waals surface area contributed by atoms with Gasteiger partial charge in [0.1, 0.15) is 0 Å². The van der Waals surface area contributed by atoms with E-state index in [1.54, 1.807) is 6.20 Å². The second-order valence-electron chi connectivity index (χ2n) is 6.00. The number of nitrogens with zero attached hydrogens (tertiary/aromatic N) is 2. The van der Waals surface area contributed by atoms with Crippen LogP contribution in [0.4, 0.5) is 5.69 Å². The van der Waals surface area contributed by atoms with Crippen LogP contribution in [0, 0.1) is 5.92 Å². The number of rotatable bonds is 4. The molecule has 0 bridgehead atoms. The molecule has 0 unspecified atom stereocenters. The first kappa shape index (κ1) is 14.9. The molecule has 21 heavy (non-hydrogen) atoms. The van der Waals surface area contributed by atoms with Crippen LogP contribution in [-0.4, -0.2) is 40.3 Å². The van der Waals surface area contributed by atoms with Gasteiger partial charge in [0.15, 0.2) is 0 Å². The first-order valence-electron chi connectivity index (χ1n) is 7.94. The fourth-order valence-electron chi connectivity index (χ4n) is 3.10. The van der Waals surface area contributed by atoms with Crippen LogP contribution in [0.25, 0.3) is 0 Å². The van der Waals surface area contributed by atoms with Crippen molar-refractivity contribution in [1.29, 1.82) is 0 Å². The molecule has 0 aliphatic carbocycles. The Labute approximate surface area is 130 Å². The third kappa shape index (κ3) is 4.23. The summed E-state index contributed by atoms with van der Waals surface area (Å²) in [5, 5.41) is 10.8. The quantitative estimate of drug-likeness (QED) is 0.896. The minimum atomic E-state index is 0.136. The molecule has 0 atom stereocenters. The molecular formula is C15H24N4OS. The highest BCUT2D eigenvalue weighted by molar-refractivity contribution is 7.99. The van der Waals surface area contributed by atoms with Gasteiger partial charge in [-0.05, 0) is 56.2 Å². The van der Waals surface area contributed by atoms with Gasteiger partial charge in [0.25, 0.3) is 0 Å². The molecule has 1 amide bonds. The molecule has 1 aromatic heterocycles. The monoisotopic (exact) mass is 308 g/mol. The number of hydrogen-bond acceptors (Lipinski definition) is 4. The third-order valence-corrected chi connectivity index (χ3v) is 5.43. The minimum Gasteiger partial charge on any atom is -0.323 e. The summed E-state index contributed by atoms with van der Waals surface area (Å²) in [4.78, 5) is 12.1. The Morgan fingerprint density at radius 2 is 2.10 bits per heavy atom. The lowest BCUT2D eigenvalue weighted by Crippen LogP contribution is -2.29. The van der Waals surface area contributed by atoms with E-state index in [9.17, 15) is 4.79 Å². The van der Waals surface area contributed by atoms with Gasteiger partial charge in [-0.3, -0.25) is 9.48 Å². The molecule has 116 valence electrons. The Bertz CT molecular complexity index is 464. The van der Waals surface area contributed by atoms with E-state index in [-0.39, 0.29) is 5.91 Å². The van der Waals surface area contributed by atoms with Gasteiger partial charge in [0.2, 0.25) is 5.91 Å². The zero-order chi connectivity index (χ0) is 14.5. The predicted octanol–water partition coefficient (Wildman–Crippen LogP) is 2.28. The standard InChI is InChI=1S/C15H24N4OS/c20-15(9-12-3-7-21-8-4-12)18-13-10-17-19(11-13)14-1-5-16-6-2-14/h10-12,14,16H,1-9H2,(H,18,20). The lowest BCUT2D eigenvalue weighted by atomic mass is 9.98. The maximum atomic E-state index is 12.1. The lowest BCUT2D eigenvalue weighted by molar-refractivity contribution is -0.117. The largest absolute Gasteiger partial charge is 0.323 e. The fourth-order valence-corrected chi connectivity index (χ4v) is 4.30. The van der Waals surface area contributed by atoms with E-state index in [2.05, 4.69) is 15.7 Å². The van der Waals surface area contributed by atoms with Crippen molar-refractivity contribution in [2.75, 3.05) is 29.9 Å². The number of nitrogens with one attached hydrogen (secondary N) is 2. The van der Waals surface area contributed by atoms with Crippen LogP contribution in [0.15, 0.2) is 12.4 Å². The third-order valence-electron chi connectivity index (χ3n) is 4.38. The molecule has 2 fully saturated rings. The Morgan fingerprint density at radius 3 is 2.86 bits per heavy atom. The maximum Gasteiger partial charge on any atom is 0.224 e. The first-order valence-corrected chi connectivity index (χ1v) is 9.09. The maximum absolute atomic E-state index is 12.1. The van der Waals surface area contributed by atoms with Gasteiger partial charge in [-0.15, -0.1) is 0 Å². The first-order chi connectivity index (χ1) is 10.3. The van der Waals surface area contributed by atoms with Crippen molar-refractivity contribution in [3.8, 4) is 0 Å². The highest BCUT2D eigenvalue weighted by atomic mass is 32.2. The van der Waals surface area contributed by atoms with E-state index in [1.807, 2.05) is 22.6 Å². The number of piperidine rings is 1. The summed E-state index contributed by atoms with van der Waals surface area (Å²) in [5.74, 6) is 3.10. The Morgan fingerprint density at radius 1 is 1.33 bits per heavy atom. The van der Waals surface area contributed by atoms with Crippen molar-refractivity contribution in [1.82, 2.24) is 15.1 Å². The summed E-state index contributed by atoms with van der Waals surface area (Å²) >= 11 is 2.00. The highest BCUT2D eigenvalue weighted by Gasteiger charge is 2.19. The normalized spacial score (nSPS) is 21.3. The van der Waals surface area contributed by atoms with Crippen LogP contribution in [0.1, 0.15) is 38.1 Å². The van der Waals surface area contributed by atoms with Crippen LogP contribution >= 0.6 is 11.8 Å². The average molecular weight is 308 g/mol. The lowest BCUT2D eigenvalue weighted by Gasteiger charge is -2.22. The molecule has 3 heterocycles. The summed E-state index contributed by atoms with van der Waals surface area (Å²) in [7, 11) is 0. The summed E-state index contributed by atoms with van der Waals surface area (Å²) in [6.45, 7) is 2.10. The van der Waals surface area contributed by atoms with Gasteiger partial charge in [-0.2, -0.15) is 16.9 Å². The topological polar surface area (TPSA) is 59.0 Å². The SMILES string of the molecule is O=C(CC1CCSCC1)Nc1cnn(C2CCNCC2)c1. The minimum absolute atomic E-state index is 0.136. The number of hydrogen-bond donors (Lipinski definition) is 2. The number of anilines is 1. The van der Waals surface area contributed by atoms with Gasteiger partial charge in [-0.25, -0.2) is 0 Å². The average Bonchev–Trinajstić information content (AvgIpc) is 2.97. The molecule has 6 heteroatoms. The Balaban J connectivity index is 1.50. The van der Waals surface area contributed by atoms with Crippen LogP contribution in [0.3, 0.4) is 0 Å². The number of thioether (sulfide) groups is 1. The summed E-state index contributed by atoms with van der Waals surface area (Å²) in [6.07, 6.45) is 8.96. The summed E-state index contributed by atoms with van der Waals surface area (Å²) < 4.78 is 2.01. The molecule has 0 saturated carbocycles. The molecule has 2 aliphatic rings. The number of carbonyl (C=O) groups excluding carboxylic acids is 1. The molecule has 2 N–H and O–H groups in total. The zero-order valence-electron chi connectivity index (χ0n) is 12.4. The van der Waals surface area contributed by atoms with Crippen molar-refractivity contribution < 1.29 is 4.79 Å². The smallest absolute Gasteiger partial charge is 0.224 e. The Hall–Kier alpha value is -1.01. The molecule has 1 aromatic rings. The molecule has 0 radical (unpaired) electrons. The fraction of sp³-hybridized carbons (Fsp3) is 0.733. The molecule has 0 spiro atoms. The summed E-state index contributed by atoms with van der Waals surface area (Å²) in [5.41, 5.74) is 0.837. The molecule has 5 nitrogen and oxygen atoms in total. The number of carbonyl (C=O) groups is 1. The molecular weight excluding hydrogens is 284 g/mol. The predicted molar refractivity (Wildman–Crippen MR) is 86.7 cm³/mol. The van der Waals surface area contributed by atoms with E-state index in [4.69, 9.17) is 0 Å². The van der Waals surface area contributed by atoms with E-state index < -0.39 is 0 Å². The van der Waals surface area contributed by atoms with Crippen molar-refractivity contribution in [3.63, 3.8) is 0 Å². The second kappa shape index (κ2) is 7.31. The Kier molecular flexibility index (Phi) is 5.19. The van der Waals surface area contributed by atoms with Crippen molar-refractivity contribution >= 4 is 23.4 Å². The van der Waals surface area contributed by atoms with Gasteiger partial charge in [0.05, 0.1) is 17.9 Å². The van der Waals surface area contributed by atoms with Crippen molar-refractivity contribution in [2.45, 2.75) is 38.1 Å². The number of aromatic nitrogens is 2. The molecule has 0 aromatic carbocycles. The molecule has 3 rings (SSSR count).